The number of furan rings is 1. The standard InChI is InChI=1S/C13H13BrN2O4S/c14-11-8-10(21(15,18)19)4-5-12(11)16-13(17)6-3-9-2-1-7-20-9/h1-2,4-5,7-8H,3,6H2,(H,16,17)(H2,15,18,19). The zero-order valence-electron chi connectivity index (χ0n) is 10.9. The van der Waals surface area contributed by atoms with Gasteiger partial charge in [0.2, 0.25) is 15.9 Å². The first-order valence-electron chi connectivity index (χ1n) is 6.01. The van der Waals surface area contributed by atoms with Crippen LogP contribution in [0.5, 0.6) is 0 Å². The fourth-order valence-electron chi connectivity index (χ4n) is 1.68. The third-order valence-corrected chi connectivity index (χ3v) is 4.29. The number of benzene rings is 1. The van der Waals surface area contributed by atoms with Gasteiger partial charge in [-0.15, -0.1) is 0 Å². The quantitative estimate of drug-likeness (QED) is 0.839. The van der Waals surface area contributed by atoms with Gasteiger partial charge in [0.05, 0.1) is 16.8 Å². The number of rotatable bonds is 5. The highest BCUT2D eigenvalue weighted by Crippen LogP contribution is 2.25. The lowest BCUT2D eigenvalue weighted by Gasteiger charge is -2.08. The summed E-state index contributed by atoms with van der Waals surface area (Å²) < 4.78 is 28.0. The van der Waals surface area contributed by atoms with Crippen molar-refractivity contribution in [3.05, 3.63) is 46.8 Å². The third-order valence-electron chi connectivity index (χ3n) is 2.72. The summed E-state index contributed by atoms with van der Waals surface area (Å²) in [7, 11) is -3.77. The maximum absolute atomic E-state index is 11.8. The van der Waals surface area contributed by atoms with Gasteiger partial charge in [0.25, 0.3) is 0 Å². The lowest BCUT2D eigenvalue weighted by atomic mass is 10.2. The van der Waals surface area contributed by atoms with Gasteiger partial charge >= 0.3 is 0 Å². The summed E-state index contributed by atoms with van der Waals surface area (Å²) >= 11 is 3.20. The number of aryl methyl sites for hydroxylation is 1. The first-order valence-corrected chi connectivity index (χ1v) is 8.35. The Morgan fingerprint density at radius 1 is 1.33 bits per heavy atom. The lowest BCUT2D eigenvalue weighted by Crippen LogP contribution is -2.14. The van der Waals surface area contributed by atoms with Crippen LogP contribution in [0.3, 0.4) is 0 Å². The van der Waals surface area contributed by atoms with E-state index < -0.39 is 10.0 Å². The minimum Gasteiger partial charge on any atom is -0.469 e. The van der Waals surface area contributed by atoms with Gasteiger partial charge in [0.1, 0.15) is 5.76 Å². The van der Waals surface area contributed by atoms with Crippen molar-refractivity contribution in [1.82, 2.24) is 0 Å². The average molecular weight is 373 g/mol. The van der Waals surface area contributed by atoms with Crippen LogP contribution in [0.1, 0.15) is 12.2 Å². The van der Waals surface area contributed by atoms with E-state index in [4.69, 9.17) is 9.56 Å². The third kappa shape index (κ3) is 4.42. The number of carbonyl (C=O) groups is 1. The molecule has 0 saturated carbocycles. The molecule has 0 atom stereocenters. The van der Waals surface area contributed by atoms with E-state index in [0.717, 1.165) is 5.76 Å². The fraction of sp³-hybridized carbons (Fsp3) is 0.154. The van der Waals surface area contributed by atoms with Crippen molar-refractivity contribution in [3.63, 3.8) is 0 Å². The molecule has 2 rings (SSSR count). The Hall–Kier alpha value is -1.64. The molecular formula is C13H13BrN2O4S. The second kappa shape index (κ2) is 6.42. The van der Waals surface area contributed by atoms with E-state index in [1.807, 2.05) is 0 Å². The summed E-state index contributed by atoms with van der Waals surface area (Å²) in [6, 6.07) is 7.72. The number of hydrogen-bond acceptors (Lipinski definition) is 4. The van der Waals surface area contributed by atoms with Crippen molar-refractivity contribution < 1.29 is 17.6 Å². The van der Waals surface area contributed by atoms with Crippen LogP contribution >= 0.6 is 15.9 Å². The van der Waals surface area contributed by atoms with E-state index in [1.165, 1.54) is 18.2 Å². The van der Waals surface area contributed by atoms with Gasteiger partial charge < -0.3 is 9.73 Å². The number of primary sulfonamides is 1. The van der Waals surface area contributed by atoms with Crippen molar-refractivity contribution >= 4 is 37.5 Å². The summed E-state index contributed by atoms with van der Waals surface area (Å²) in [5, 5.41) is 7.72. The molecule has 8 heteroatoms. The minimum absolute atomic E-state index is 0.0250. The van der Waals surface area contributed by atoms with Crippen LogP contribution in [0.4, 0.5) is 5.69 Å². The first kappa shape index (κ1) is 15.7. The minimum atomic E-state index is -3.77. The Labute approximate surface area is 130 Å². The number of halogens is 1. The summed E-state index contributed by atoms with van der Waals surface area (Å²) in [4.78, 5) is 11.8. The maximum Gasteiger partial charge on any atom is 0.238 e. The van der Waals surface area contributed by atoms with Gasteiger partial charge in [-0.05, 0) is 46.3 Å². The van der Waals surface area contributed by atoms with Gasteiger partial charge in [-0.1, -0.05) is 0 Å². The van der Waals surface area contributed by atoms with E-state index in [0.29, 0.717) is 16.6 Å². The number of nitrogens with two attached hydrogens (primary N) is 1. The number of hydrogen-bond donors (Lipinski definition) is 2. The highest BCUT2D eigenvalue weighted by Gasteiger charge is 2.12. The SMILES string of the molecule is NS(=O)(=O)c1ccc(NC(=O)CCc2ccco2)c(Br)c1. The number of amides is 1. The van der Waals surface area contributed by atoms with Crippen LogP contribution in [-0.2, 0) is 21.2 Å². The van der Waals surface area contributed by atoms with Gasteiger partial charge in [0.15, 0.2) is 0 Å². The molecule has 0 bridgehead atoms. The Morgan fingerprint density at radius 3 is 2.67 bits per heavy atom. The molecule has 0 radical (unpaired) electrons. The van der Waals surface area contributed by atoms with Gasteiger partial charge in [0, 0.05) is 17.3 Å². The largest absolute Gasteiger partial charge is 0.469 e. The Bertz CT molecular complexity index is 742. The van der Waals surface area contributed by atoms with Crippen molar-refractivity contribution in [2.24, 2.45) is 5.14 Å². The molecule has 1 aromatic heterocycles. The normalized spacial score (nSPS) is 11.3. The van der Waals surface area contributed by atoms with Gasteiger partial charge in [-0.2, -0.15) is 0 Å². The maximum atomic E-state index is 11.8. The van der Waals surface area contributed by atoms with Gasteiger partial charge in [-0.3, -0.25) is 4.79 Å². The number of carbonyl (C=O) groups excluding carboxylic acids is 1. The van der Waals surface area contributed by atoms with Crippen molar-refractivity contribution in [2.75, 3.05) is 5.32 Å². The van der Waals surface area contributed by atoms with Crippen LogP contribution in [-0.4, -0.2) is 14.3 Å². The van der Waals surface area contributed by atoms with Crippen molar-refractivity contribution in [2.45, 2.75) is 17.7 Å². The van der Waals surface area contributed by atoms with E-state index in [1.54, 1.807) is 18.4 Å². The molecular weight excluding hydrogens is 360 g/mol. The van der Waals surface area contributed by atoms with E-state index in [-0.39, 0.29) is 17.2 Å². The Morgan fingerprint density at radius 2 is 2.10 bits per heavy atom. The van der Waals surface area contributed by atoms with Crippen LogP contribution in [0.2, 0.25) is 0 Å². The van der Waals surface area contributed by atoms with E-state index >= 15 is 0 Å². The molecule has 0 saturated heterocycles. The zero-order valence-corrected chi connectivity index (χ0v) is 13.3. The van der Waals surface area contributed by atoms with Gasteiger partial charge in [-0.25, -0.2) is 13.6 Å². The molecule has 1 heterocycles. The topological polar surface area (TPSA) is 102 Å². The molecule has 112 valence electrons. The molecule has 21 heavy (non-hydrogen) atoms. The molecule has 3 N–H and O–H groups in total. The summed E-state index contributed by atoms with van der Waals surface area (Å²) in [6.07, 6.45) is 2.30. The summed E-state index contributed by atoms with van der Waals surface area (Å²) in [6.45, 7) is 0. The Balaban J connectivity index is 2.01. The predicted octanol–water partition coefficient (Wildman–Crippen LogP) is 2.26. The molecule has 0 aliphatic carbocycles. The molecule has 1 aromatic carbocycles. The predicted molar refractivity (Wildman–Crippen MR) is 81.2 cm³/mol. The number of nitrogens with one attached hydrogen (secondary N) is 1. The van der Waals surface area contributed by atoms with Crippen LogP contribution < -0.4 is 10.5 Å². The highest BCUT2D eigenvalue weighted by molar-refractivity contribution is 9.10. The smallest absolute Gasteiger partial charge is 0.238 e. The second-order valence-electron chi connectivity index (χ2n) is 4.31. The molecule has 0 unspecified atom stereocenters. The second-order valence-corrected chi connectivity index (χ2v) is 6.73. The number of anilines is 1. The van der Waals surface area contributed by atoms with E-state index in [2.05, 4.69) is 21.2 Å². The summed E-state index contributed by atoms with van der Waals surface area (Å²) in [5.41, 5.74) is 0.479. The fourth-order valence-corrected chi connectivity index (χ4v) is 2.85. The molecule has 0 aliphatic heterocycles. The number of sulfonamides is 1. The molecule has 0 aliphatic rings. The lowest BCUT2D eigenvalue weighted by molar-refractivity contribution is -0.116. The van der Waals surface area contributed by atoms with Crippen LogP contribution in [0.25, 0.3) is 0 Å². The van der Waals surface area contributed by atoms with Crippen molar-refractivity contribution in [3.8, 4) is 0 Å². The van der Waals surface area contributed by atoms with Crippen LogP contribution in [0.15, 0.2) is 50.4 Å². The van der Waals surface area contributed by atoms with E-state index in [9.17, 15) is 13.2 Å². The summed E-state index contributed by atoms with van der Waals surface area (Å²) in [5.74, 6) is 0.532. The van der Waals surface area contributed by atoms with Crippen LogP contribution in [0, 0.1) is 0 Å². The molecule has 1 amide bonds. The molecule has 0 spiro atoms. The Kier molecular flexibility index (Phi) is 4.81. The molecule has 0 fully saturated rings. The first-order chi connectivity index (χ1) is 9.86. The molecule has 6 nitrogen and oxygen atoms in total. The van der Waals surface area contributed by atoms with Crippen molar-refractivity contribution in [1.29, 1.82) is 0 Å². The molecule has 2 aromatic rings. The average Bonchev–Trinajstić information content (AvgIpc) is 2.91. The zero-order chi connectivity index (χ0) is 15.5. The monoisotopic (exact) mass is 372 g/mol. The highest BCUT2D eigenvalue weighted by atomic mass is 79.9.